The predicted octanol–water partition coefficient (Wildman–Crippen LogP) is 3.51. The number of primary amides is 1. The molecule has 0 unspecified atom stereocenters. The minimum absolute atomic E-state index is 0.157. The normalized spacial score (nSPS) is 12.8. The van der Waals surface area contributed by atoms with E-state index in [0.29, 0.717) is 5.00 Å². The maximum Gasteiger partial charge on any atom is 0.261 e. The Hall–Kier alpha value is -3.78. The van der Waals surface area contributed by atoms with Crippen LogP contribution in [0.25, 0.3) is 0 Å². The molecule has 0 saturated heterocycles. The summed E-state index contributed by atoms with van der Waals surface area (Å²) in [4.78, 5) is 52.2. The van der Waals surface area contributed by atoms with Crippen LogP contribution in [0.2, 0.25) is 0 Å². The van der Waals surface area contributed by atoms with Crippen LogP contribution in [0.4, 0.5) is 5.00 Å². The Labute approximate surface area is 182 Å². The van der Waals surface area contributed by atoms with Crippen LogP contribution in [-0.4, -0.2) is 28.5 Å². The standard InChI is InChI=1S/C23H19N3O4S/c1-12-13(2)31-21(18(12)19(24)27)25-20(28)15-8-9-16-17(10-15)23(30)26(22(16)29)11-14-6-4-3-5-7-14/h3-10H,11H2,1-2H3,(H2,24,27)(H,25,28). The van der Waals surface area contributed by atoms with Crippen LogP contribution in [0.5, 0.6) is 0 Å². The van der Waals surface area contributed by atoms with Crippen LogP contribution in [-0.2, 0) is 6.54 Å². The molecule has 3 aromatic rings. The van der Waals surface area contributed by atoms with Gasteiger partial charge in [0.15, 0.2) is 0 Å². The van der Waals surface area contributed by atoms with Crippen LogP contribution in [0.1, 0.15) is 57.4 Å². The Morgan fingerprint density at radius 2 is 1.68 bits per heavy atom. The molecule has 31 heavy (non-hydrogen) atoms. The highest BCUT2D eigenvalue weighted by Crippen LogP contribution is 2.33. The molecule has 7 nitrogen and oxygen atoms in total. The molecule has 156 valence electrons. The molecular formula is C23H19N3O4S. The van der Waals surface area contributed by atoms with Crippen molar-refractivity contribution in [3.63, 3.8) is 0 Å². The molecule has 0 aliphatic carbocycles. The number of imide groups is 1. The number of aryl methyl sites for hydroxylation is 1. The highest BCUT2D eigenvalue weighted by Gasteiger charge is 2.36. The molecule has 2 heterocycles. The zero-order chi connectivity index (χ0) is 22.3. The van der Waals surface area contributed by atoms with E-state index in [1.165, 1.54) is 34.4 Å². The van der Waals surface area contributed by atoms with Gasteiger partial charge in [-0.1, -0.05) is 30.3 Å². The van der Waals surface area contributed by atoms with Gasteiger partial charge < -0.3 is 11.1 Å². The van der Waals surface area contributed by atoms with E-state index in [1.54, 1.807) is 6.92 Å². The van der Waals surface area contributed by atoms with Gasteiger partial charge >= 0.3 is 0 Å². The van der Waals surface area contributed by atoms with Crippen LogP contribution in [0, 0.1) is 13.8 Å². The summed E-state index contributed by atoms with van der Waals surface area (Å²) in [6.07, 6.45) is 0. The molecule has 0 spiro atoms. The molecule has 1 aliphatic heterocycles. The Balaban J connectivity index is 1.60. The number of nitrogens with two attached hydrogens (primary N) is 1. The first-order valence-electron chi connectivity index (χ1n) is 9.53. The molecular weight excluding hydrogens is 414 g/mol. The maximum atomic E-state index is 12.9. The first-order valence-corrected chi connectivity index (χ1v) is 10.3. The van der Waals surface area contributed by atoms with Gasteiger partial charge in [-0.15, -0.1) is 11.3 Å². The van der Waals surface area contributed by atoms with Crippen molar-refractivity contribution in [2.45, 2.75) is 20.4 Å². The van der Waals surface area contributed by atoms with E-state index in [2.05, 4.69) is 5.32 Å². The number of thiophene rings is 1. The van der Waals surface area contributed by atoms with Gasteiger partial charge in [0.05, 0.1) is 23.2 Å². The van der Waals surface area contributed by atoms with Crippen molar-refractivity contribution >= 4 is 40.0 Å². The van der Waals surface area contributed by atoms with Crippen molar-refractivity contribution in [1.82, 2.24) is 4.90 Å². The maximum absolute atomic E-state index is 12.9. The molecule has 0 atom stereocenters. The second kappa shape index (κ2) is 7.81. The van der Waals surface area contributed by atoms with E-state index < -0.39 is 23.6 Å². The Bertz CT molecular complexity index is 1250. The van der Waals surface area contributed by atoms with Crippen molar-refractivity contribution in [1.29, 1.82) is 0 Å². The lowest BCUT2D eigenvalue weighted by atomic mass is 10.1. The smallest absolute Gasteiger partial charge is 0.261 e. The largest absolute Gasteiger partial charge is 0.365 e. The molecule has 4 amide bonds. The highest BCUT2D eigenvalue weighted by atomic mass is 32.1. The summed E-state index contributed by atoms with van der Waals surface area (Å²) in [6, 6.07) is 13.6. The van der Waals surface area contributed by atoms with Crippen molar-refractivity contribution in [3.05, 3.63) is 86.8 Å². The summed E-state index contributed by atoms with van der Waals surface area (Å²) in [6.45, 7) is 3.76. The summed E-state index contributed by atoms with van der Waals surface area (Å²) >= 11 is 1.26. The molecule has 0 bridgehead atoms. The van der Waals surface area contributed by atoms with Gasteiger partial charge in [0.25, 0.3) is 23.6 Å². The van der Waals surface area contributed by atoms with Crippen LogP contribution in [0.3, 0.4) is 0 Å². The molecule has 0 fully saturated rings. The summed E-state index contributed by atoms with van der Waals surface area (Å²) < 4.78 is 0. The van der Waals surface area contributed by atoms with Gasteiger partial charge in [-0.3, -0.25) is 24.1 Å². The van der Waals surface area contributed by atoms with E-state index in [1.807, 2.05) is 37.3 Å². The SMILES string of the molecule is Cc1sc(NC(=O)c2ccc3c(c2)C(=O)N(Cc2ccccc2)C3=O)c(C(N)=O)c1C. The molecule has 2 aromatic carbocycles. The fraction of sp³-hybridized carbons (Fsp3) is 0.130. The summed E-state index contributed by atoms with van der Waals surface area (Å²) in [5.41, 5.74) is 7.94. The number of anilines is 1. The first-order chi connectivity index (χ1) is 14.8. The molecule has 0 saturated carbocycles. The van der Waals surface area contributed by atoms with Gasteiger partial charge in [-0.05, 0) is 43.2 Å². The van der Waals surface area contributed by atoms with Gasteiger partial charge in [0.2, 0.25) is 0 Å². The van der Waals surface area contributed by atoms with Crippen LogP contribution >= 0.6 is 11.3 Å². The van der Waals surface area contributed by atoms with Gasteiger partial charge in [-0.25, -0.2) is 0 Å². The third-order valence-electron chi connectivity index (χ3n) is 5.28. The quantitative estimate of drug-likeness (QED) is 0.600. The predicted molar refractivity (Wildman–Crippen MR) is 117 cm³/mol. The number of benzene rings is 2. The number of rotatable bonds is 5. The van der Waals surface area contributed by atoms with Crippen molar-refractivity contribution in [2.24, 2.45) is 5.73 Å². The fourth-order valence-electron chi connectivity index (χ4n) is 3.53. The summed E-state index contributed by atoms with van der Waals surface area (Å²) in [7, 11) is 0. The summed E-state index contributed by atoms with van der Waals surface area (Å²) in [5, 5.41) is 3.07. The molecule has 1 aromatic heterocycles. The van der Waals surface area contributed by atoms with E-state index in [4.69, 9.17) is 5.73 Å². The number of carbonyl (C=O) groups is 4. The molecule has 8 heteroatoms. The molecule has 4 rings (SSSR count). The van der Waals surface area contributed by atoms with Crippen LogP contribution < -0.4 is 11.1 Å². The zero-order valence-corrected chi connectivity index (χ0v) is 17.7. The lowest BCUT2D eigenvalue weighted by molar-refractivity contribution is 0.0642. The Kier molecular flexibility index (Phi) is 5.16. The topological polar surface area (TPSA) is 110 Å². The number of hydrogen-bond acceptors (Lipinski definition) is 5. The Morgan fingerprint density at radius 1 is 1.00 bits per heavy atom. The van der Waals surface area contributed by atoms with Gasteiger partial charge in [0.1, 0.15) is 5.00 Å². The fourth-order valence-corrected chi connectivity index (χ4v) is 4.59. The Morgan fingerprint density at radius 3 is 2.35 bits per heavy atom. The van der Waals surface area contributed by atoms with E-state index in [9.17, 15) is 19.2 Å². The molecule has 0 radical (unpaired) electrons. The lowest BCUT2D eigenvalue weighted by Gasteiger charge is -2.13. The average molecular weight is 433 g/mol. The third-order valence-corrected chi connectivity index (χ3v) is 6.40. The average Bonchev–Trinajstić information content (AvgIpc) is 3.16. The van der Waals surface area contributed by atoms with Crippen molar-refractivity contribution in [2.75, 3.05) is 5.32 Å². The third kappa shape index (κ3) is 3.62. The number of nitrogens with zero attached hydrogens (tertiary/aromatic N) is 1. The number of fused-ring (bicyclic) bond motifs is 1. The first kappa shape index (κ1) is 20.5. The number of hydrogen-bond donors (Lipinski definition) is 2. The number of nitrogens with one attached hydrogen (secondary N) is 1. The minimum Gasteiger partial charge on any atom is -0.365 e. The van der Waals surface area contributed by atoms with Crippen molar-refractivity contribution < 1.29 is 19.2 Å². The second-order valence-corrected chi connectivity index (χ2v) is 8.47. The monoisotopic (exact) mass is 433 g/mol. The number of carbonyl (C=O) groups excluding carboxylic acids is 4. The van der Waals surface area contributed by atoms with Crippen molar-refractivity contribution in [3.8, 4) is 0 Å². The zero-order valence-electron chi connectivity index (χ0n) is 16.9. The highest BCUT2D eigenvalue weighted by molar-refractivity contribution is 7.16. The molecule has 1 aliphatic rings. The van der Waals surface area contributed by atoms with Gasteiger partial charge in [0, 0.05) is 10.4 Å². The summed E-state index contributed by atoms with van der Waals surface area (Å²) in [5.74, 6) is -1.95. The second-order valence-electron chi connectivity index (χ2n) is 7.25. The van der Waals surface area contributed by atoms with E-state index >= 15 is 0 Å². The van der Waals surface area contributed by atoms with Crippen LogP contribution in [0.15, 0.2) is 48.5 Å². The van der Waals surface area contributed by atoms with E-state index in [0.717, 1.165) is 16.0 Å². The lowest BCUT2D eigenvalue weighted by Crippen LogP contribution is -2.29. The minimum atomic E-state index is -0.622. The molecule has 3 N–H and O–H groups in total. The van der Waals surface area contributed by atoms with Gasteiger partial charge in [-0.2, -0.15) is 0 Å². The number of amides is 4. The van der Waals surface area contributed by atoms with E-state index in [-0.39, 0.29) is 28.8 Å².